The van der Waals surface area contributed by atoms with Crippen molar-refractivity contribution in [1.29, 1.82) is 0 Å². The first kappa shape index (κ1) is 14.8. The van der Waals surface area contributed by atoms with Crippen LogP contribution in [-0.4, -0.2) is 26.2 Å². The van der Waals surface area contributed by atoms with Gasteiger partial charge in [0.2, 0.25) is 5.96 Å². The molecule has 5 nitrogen and oxygen atoms in total. The van der Waals surface area contributed by atoms with Crippen LogP contribution in [0.2, 0.25) is 5.02 Å². The molecule has 1 unspecified atom stereocenters. The summed E-state index contributed by atoms with van der Waals surface area (Å²) in [6, 6.07) is 7.66. The molecule has 0 aliphatic heterocycles. The average molecular weight is 271 g/mol. The first-order chi connectivity index (χ1) is 8.69. The summed E-state index contributed by atoms with van der Waals surface area (Å²) in [5.74, 6) is 5.92. The third kappa shape index (κ3) is 4.52. The lowest BCUT2D eigenvalue weighted by molar-refractivity contribution is 0.208. The van der Waals surface area contributed by atoms with E-state index in [-0.39, 0.29) is 6.04 Å². The van der Waals surface area contributed by atoms with Crippen molar-refractivity contribution >= 4 is 17.6 Å². The average Bonchev–Trinajstić information content (AvgIpc) is 2.38. The minimum atomic E-state index is 0.0102. The van der Waals surface area contributed by atoms with E-state index in [2.05, 4.69) is 15.7 Å². The molecule has 0 amide bonds. The molecule has 0 bridgehead atoms. The Hall–Kier alpha value is -1.30. The molecule has 0 radical (unpaired) electrons. The predicted octanol–water partition coefficient (Wildman–Crippen LogP) is 1.46. The molecule has 0 fully saturated rings. The van der Waals surface area contributed by atoms with E-state index in [1.54, 1.807) is 7.11 Å². The largest absolute Gasteiger partial charge is 0.383 e. The van der Waals surface area contributed by atoms with Gasteiger partial charge < -0.3 is 10.1 Å². The number of halogens is 1. The summed E-state index contributed by atoms with van der Waals surface area (Å²) in [5, 5.41) is 3.87. The van der Waals surface area contributed by atoms with Crippen molar-refractivity contribution in [3.63, 3.8) is 0 Å². The van der Waals surface area contributed by atoms with Gasteiger partial charge in [0.25, 0.3) is 0 Å². The van der Waals surface area contributed by atoms with Crippen molar-refractivity contribution in [2.75, 3.05) is 20.3 Å². The van der Waals surface area contributed by atoms with E-state index in [1.165, 1.54) is 0 Å². The van der Waals surface area contributed by atoms with Gasteiger partial charge in [0.15, 0.2) is 0 Å². The lowest BCUT2D eigenvalue weighted by atomic mass is 10.1. The number of benzene rings is 1. The fourth-order valence-corrected chi connectivity index (χ4v) is 1.79. The van der Waals surface area contributed by atoms with Gasteiger partial charge >= 0.3 is 0 Å². The lowest BCUT2D eigenvalue weighted by Gasteiger charge is -2.17. The molecular formula is C12H19ClN4O. The Morgan fingerprint density at radius 3 is 2.83 bits per heavy atom. The normalized spacial score (nSPS) is 13.2. The van der Waals surface area contributed by atoms with Gasteiger partial charge in [0.05, 0.1) is 19.2 Å². The lowest BCUT2D eigenvalue weighted by Crippen LogP contribution is -2.43. The number of hydrazine groups is 1. The van der Waals surface area contributed by atoms with Crippen molar-refractivity contribution < 1.29 is 4.74 Å². The molecule has 0 saturated heterocycles. The van der Waals surface area contributed by atoms with Crippen molar-refractivity contribution in [2.24, 2.45) is 10.8 Å². The van der Waals surface area contributed by atoms with Gasteiger partial charge in [0, 0.05) is 12.1 Å². The molecule has 4 N–H and O–H groups in total. The zero-order chi connectivity index (χ0) is 13.4. The Balaban J connectivity index is 2.65. The summed E-state index contributed by atoms with van der Waals surface area (Å²) >= 11 is 6.12. The van der Waals surface area contributed by atoms with E-state index < -0.39 is 0 Å². The Labute approximate surface area is 112 Å². The zero-order valence-electron chi connectivity index (χ0n) is 10.6. The van der Waals surface area contributed by atoms with E-state index in [4.69, 9.17) is 22.2 Å². The molecule has 6 heteroatoms. The second-order valence-corrected chi connectivity index (χ2v) is 4.16. The van der Waals surface area contributed by atoms with Crippen molar-refractivity contribution in [1.82, 2.24) is 10.7 Å². The third-order valence-electron chi connectivity index (χ3n) is 2.43. The number of nitrogens with one attached hydrogen (secondary N) is 2. The van der Waals surface area contributed by atoms with E-state index in [9.17, 15) is 0 Å². The van der Waals surface area contributed by atoms with Crippen LogP contribution in [0.1, 0.15) is 18.5 Å². The van der Waals surface area contributed by atoms with Gasteiger partial charge in [-0.2, -0.15) is 0 Å². The topological polar surface area (TPSA) is 71.7 Å². The molecule has 100 valence electrons. The maximum absolute atomic E-state index is 6.12. The fourth-order valence-electron chi connectivity index (χ4n) is 1.49. The molecule has 1 aromatic carbocycles. The summed E-state index contributed by atoms with van der Waals surface area (Å²) in [4.78, 5) is 4.23. The van der Waals surface area contributed by atoms with Crippen LogP contribution in [0, 0.1) is 0 Å². The highest BCUT2D eigenvalue weighted by Gasteiger charge is 2.10. The van der Waals surface area contributed by atoms with Crippen LogP contribution >= 0.6 is 11.6 Å². The highest BCUT2D eigenvalue weighted by molar-refractivity contribution is 6.31. The minimum Gasteiger partial charge on any atom is -0.383 e. The number of aliphatic imine (C=N–C) groups is 1. The summed E-state index contributed by atoms with van der Waals surface area (Å²) in [5.41, 5.74) is 3.52. The monoisotopic (exact) mass is 270 g/mol. The van der Waals surface area contributed by atoms with Crippen molar-refractivity contribution in [3.05, 3.63) is 34.9 Å². The summed E-state index contributed by atoms with van der Waals surface area (Å²) in [6.45, 7) is 3.08. The Bertz CT molecular complexity index is 397. The zero-order valence-corrected chi connectivity index (χ0v) is 11.4. The highest BCUT2D eigenvalue weighted by atomic mass is 35.5. The van der Waals surface area contributed by atoms with E-state index in [0.717, 1.165) is 5.56 Å². The van der Waals surface area contributed by atoms with E-state index in [0.29, 0.717) is 24.1 Å². The number of nitrogens with zero attached hydrogens (tertiary/aromatic N) is 1. The molecule has 0 saturated carbocycles. The molecule has 1 atom stereocenters. The molecule has 0 aliphatic rings. The van der Waals surface area contributed by atoms with Gasteiger partial charge in [-0.15, -0.1) is 0 Å². The summed E-state index contributed by atoms with van der Waals surface area (Å²) < 4.78 is 4.92. The molecule has 1 aromatic rings. The number of rotatable bonds is 5. The number of nitrogens with two attached hydrogens (primary N) is 1. The first-order valence-corrected chi connectivity index (χ1v) is 6.07. The van der Waals surface area contributed by atoms with Crippen molar-refractivity contribution in [3.8, 4) is 0 Å². The summed E-state index contributed by atoms with van der Waals surface area (Å²) in [6.07, 6.45) is 0. The first-order valence-electron chi connectivity index (χ1n) is 5.70. The molecule has 0 spiro atoms. The molecule has 0 heterocycles. The SMILES string of the molecule is COCCN=C(NN)NC(C)c1ccccc1Cl. The second kappa shape index (κ2) is 7.92. The van der Waals surface area contributed by atoms with Gasteiger partial charge in [-0.25, -0.2) is 10.8 Å². The fraction of sp³-hybridized carbons (Fsp3) is 0.417. The van der Waals surface area contributed by atoms with Crippen LogP contribution in [0.4, 0.5) is 0 Å². The Morgan fingerprint density at radius 1 is 1.50 bits per heavy atom. The quantitative estimate of drug-likeness (QED) is 0.249. The number of methoxy groups -OCH3 is 1. The van der Waals surface area contributed by atoms with E-state index >= 15 is 0 Å². The Kier molecular flexibility index (Phi) is 6.49. The predicted molar refractivity (Wildman–Crippen MR) is 74.5 cm³/mol. The molecule has 0 aliphatic carbocycles. The van der Waals surface area contributed by atoms with Crippen LogP contribution in [0.15, 0.2) is 29.3 Å². The minimum absolute atomic E-state index is 0.0102. The van der Waals surface area contributed by atoms with Crippen LogP contribution in [0.3, 0.4) is 0 Å². The molecular weight excluding hydrogens is 252 g/mol. The van der Waals surface area contributed by atoms with Gasteiger partial charge in [-0.3, -0.25) is 5.43 Å². The van der Waals surface area contributed by atoms with Gasteiger partial charge in [-0.1, -0.05) is 29.8 Å². The van der Waals surface area contributed by atoms with Gasteiger partial charge in [0.1, 0.15) is 0 Å². The van der Waals surface area contributed by atoms with Crippen molar-refractivity contribution in [2.45, 2.75) is 13.0 Å². The maximum Gasteiger partial charge on any atom is 0.206 e. The number of hydrogen-bond acceptors (Lipinski definition) is 3. The maximum atomic E-state index is 6.12. The number of ether oxygens (including phenoxy) is 1. The van der Waals surface area contributed by atoms with Crippen LogP contribution in [0.5, 0.6) is 0 Å². The van der Waals surface area contributed by atoms with Crippen LogP contribution < -0.4 is 16.6 Å². The highest BCUT2D eigenvalue weighted by Crippen LogP contribution is 2.21. The number of hydrogen-bond donors (Lipinski definition) is 3. The molecule has 18 heavy (non-hydrogen) atoms. The molecule has 0 aromatic heterocycles. The standard InChI is InChI=1S/C12H19ClN4O/c1-9(10-5-3-4-6-11(10)13)16-12(17-14)15-7-8-18-2/h3-6,9H,7-8,14H2,1-2H3,(H2,15,16,17). The third-order valence-corrected chi connectivity index (χ3v) is 2.77. The van der Waals surface area contributed by atoms with E-state index in [1.807, 2.05) is 31.2 Å². The van der Waals surface area contributed by atoms with Crippen LogP contribution in [-0.2, 0) is 4.74 Å². The second-order valence-electron chi connectivity index (χ2n) is 3.76. The number of guanidine groups is 1. The van der Waals surface area contributed by atoms with Gasteiger partial charge in [-0.05, 0) is 18.6 Å². The van der Waals surface area contributed by atoms with Crippen LogP contribution in [0.25, 0.3) is 0 Å². The smallest absolute Gasteiger partial charge is 0.206 e. The summed E-state index contributed by atoms with van der Waals surface area (Å²) in [7, 11) is 1.63. The molecule has 1 rings (SSSR count). The Morgan fingerprint density at radius 2 is 2.22 bits per heavy atom.